The summed E-state index contributed by atoms with van der Waals surface area (Å²) in [6.45, 7) is 0.225. The van der Waals surface area contributed by atoms with Crippen LogP contribution in [0.2, 0.25) is 0 Å². The van der Waals surface area contributed by atoms with Crippen molar-refractivity contribution in [2.45, 2.75) is 19.1 Å². The summed E-state index contributed by atoms with van der Waals surface area (Å²) in [4.78, 5) is 44.4. The van der Waals surface area contributed by atoms with Crippen molar-refractivity contribution in [3.05, 3.63) is 69.4 Å². The summed E-state index contributed by atoms with van der Waals surface area (Å²) >= 11 is 0. The molecule has 0 atom stereocenters. The first-order chi connectivity index (χ1) is 16.8. The Morgan fingerprint density at radius 3 is 2.60 bits per heavy atom. The maximum atomic E-state index is 13.3. The number of ether oxygens (including phenoxy) is 1. The number of nitrogens with zero attached hydrogens (tertiary/aromatic N) is 3. The SMILES string of the molecule is COCCNC(=O)c1c(O)c2ncc(Cc3ccc(F)cc3)cc2n(CC(=O)N2CC(O)C2)c1=O. The molecule has 0 spiro atoms. The molecule has 3 N–H and O–H groups in total. The molecule has 2 aromatic heterocycles. The second-order valence-electron chi connectivity index (χ2n) is 8.33. The first-order valence-corrected chi connectivity index (χ1v) is 11.0. The van der Waals surface area contributed by atoms with Gasteiger partial charge in [-0.1, -0.05) is 12.1 Å². The summed E-state index contributed by atoms with van der Waals surface area (Å²) in [6.07, 6.45) is 1.24. The number of rotatable bonds is 8. The van der Waals surface area contributed by atoms with Gasteiger partial charge in [-0.25, -0.2) is 4.39 Å². The minimum Gasteiger partial charge on any atom is -0.505 e. The predicted molar refractivity (Wildman–Crippen MR) is 124 cm³/mol. The number of carbonyl (C=O) groups is 2. The van der Waals surface area contributed by atoms with E-state index in [4.69, 9.17) is 4.74 Å². The molecular weight excluding hydrogens is 459 g/mol. The lowest BCUT2D eigenvalue weighted by atomic mass is 10.1. The van der Waals surface area contributed by atoms with Gasteiger partial charge in [0.05, 0.1) is 18.2 Å². The number of likely N-dealkylation sites (tertiary alicyclic amines) is 1. The molecule has 2 amide bonds. The molecule has 0 aliphatic carbocycles. The van der Waals surface area contributed by atoms with Crippen LogP contribution in [0.3, 0.4) is 0 Å². The number of nitrogens with one attached hydrogen (secondary N) is 1. The van der Waals surface area contributed by atoms with Crippen molar-refractivity contribution >= 4 is 22.8 Å². The van der Waals surface area contributed by atoms with Crippen molar-refractivity contribution in [1.29, 1.82) is 0 Å². The standard InChI is InChI=1S/C24H25FN4O6/c1-35-7-6-26-23(33)20-22(32)21-18(29(24(20)34)13-19(31)28-11-17(30)12-28)9-15(10-27-21)8-14-2-4-16(25)5-3-14/h2-5,9-10,17,30,32H,6-8,11-13H2,1H3,(H,26,33). The lowest BCUT2D eigenvalue weighted by molar-refractivity contribution is -0.141. The molecule has 0 bridgehead atoms. The van der Waals surface area contributed by atoms with Gasteiger partial charge in [-0.05, 0) is 35.7 Å². The number of hydrogen-bond acceptors (Lipinski definition) is 7. The predicted octanol–water partition coefficient (Wildman–Crippen LogP) is 0.411. The quantitative estimate of drug-likeness (QED) is 0.395. The lowest BCUT2D eigenvalue weighted by Gasteiger charge is -2.36. The van der Waals surface area contributed by atoms with E-state index in [2.05, 4.69) is 10.3 Å². The molecule has 1 aliphatic rings. The van der Waals surface area contributed by atoms with E-state index in [9.17, 15) is 29.0 Å². The van der Waals surface area contributed by atoms with Crippen molar-refractivity contribution in [1.82, 2.24) is 19.8 Å². The second-order valence-corrected chi connectivity index (χ2v) is 8.33. The Hall–Kier alpha value is -3.83. The second kappa shape index (κ2) is 10.2. The van der Waals surface area contributed by atoms with Crippen LogP contribution in [0.4, 0.5) is 4.39 Å². The average molecular weight is 484 g/mol. The summed E-state index contributed by atoms with van der Waals surface area (Å²) in [6, 6.07) is 7.52. The molecule has 1 fully saturated rings. The number of halogens is 1. The minimum atomic E-state index is -0.847. The molecule has 4 rings (SSSR count). The van der Waals surface area contributed by atoms with Crippen molar-refractivity contribution in [2.75, 3.05) is 33.4 Å². The molecule has 0 saturated carbocycles. The van der Waals surface area contributed by atoms with E-state index in [0.717, 1.165) is 10.1 Å². The first kappa shape index (κ1) is 24.3. The maximum absolute atomic E-state index is 13.3. The zero-order valence-corrected chi connectivity index (χ0v) is 19.0. The van der Waals surface area contributed by atoms with E-state index in [0.29, 0.717) is 12.0 Å². The van der Waals surface area contributed by atoms with Crippen LogP contribution in [0, 0.1) is 5.82 Å². The molecule has 10 nitrogen and oxygen atoms in total. The number of aliphatic hydroxyl groups is 1. The molecule has 184 valence electrons. The number of amides is 2. The average Bonchev–Trinajstić information content (AvgIpc) is 2.81. The molecule has 0 radical (unpaired) electrons. The van der Waals surface area contributed by atoms with Gasteiger partial charge in [-0.2, -0.15) is 0 Å². The Labute approximate surface area is 199 Å². The highest BCUT2D eigenvalue weighted by atomic mass is 19.1. The summed E-state index contributed by atoms with van der Waals surface area (Å²) in [5.41, 5.74) is 0.242. The van der Waals surface area contributed by atoms with Gasteiger partial charge in [0.25, 0.3) is 11.5 Å². The highest BCUT2D eigenvalue weighted by Crippen LogP contribution is 2.26. The zero-order chi connectivity index (χ0) is 25.1. The number of methoxy groups -OCH3 is 1. The Bertz CT molecular complexity index is 1320. The normalized spacial score (nSPS) is 13.6. The van der Waals surface area contributed by atoms with E-state index in [1.54, 1.807) is 18.2 Å². The van der Waals surface area contributed by atoms with Crippen molar-refractivity contribution in [2.24, 2.45) is 0 Å². The monoisotopic (exact) mass is 484 g/mol. The fraction of sp³-hybridized carbons (Fsp3) is 0.333. The molecule has 1 aliphatic heterocycles. The molecule has 1 saturated heterocycles. The Kier molecular flexibility index (Phi) is 7.08. The summed E-state index contributed by atoms with van der Waals surface area (Å²) < 4.78 is 19.3. The van der Waals surface area contributed by atoms with Gasteiger partial charge in [0.2, 0.25) is 5.91 Å². The highest BCUT2D eigenvalue weighted by Gasteiger charge is 2.30. The van der Waals surface area contributed by atoms with E-state index in [1.165, 1.54) is 30.3 Å². The van der Waals surface area contributed by atoms with Gasteiger partial charge in [0, 0.05) is 32.9 Å². The summed E-state index contributed by atoms with van der Waals surface area (Å²) in [7, 11) is 1.46. The van der Waals surface area contributed by atoms with Crippen molar-refractivity contribution < 1.29 is 28.9 Å². The molecule has 1 aromatic carbocycles. The lowest BCUT2D eigenvalue weighted by Crippen LogP contribution is -2.54. The van der Waals surface area contributed by atoms with Crippen LogP contribution in [-0.4, -0.2) is 75.9 Å². The molecule has 3 heterocycles. The van der Waals surface area contributed by atoms with Crippen LogP contribution >= 0.6 is 0 Å². The fourth-order valence-corrected chi connectivity index (χ4v) is 3.89. The van der Waals surface area contributed by atoms with Gasteiger partial charge >= 0.3 is 0 Å². The molecule has 3 aromatic rings. The number of benzene rings is 1. The third kappa shape index (κ3) is 5.15. The number of aromatic hydroxyl groups is 1. The van der Waals surface area contributed by atoms with Crippen LogP contribution in [0.5, 0.6) is 5.75 Å². The van der Waals surface area contributed by atoms with E-state index < -0.39 is 41.3 Å². The Morgan fingerprint density at radius 2 is 1.94 bits per heavy atom. The van der Waals surface area contributed by atoms with Crippen LogP contribution in [0.25, 0.3) is 11.0 Å². The zero-order valence-electron chi connectivity index (χ0n) is 19.0. The fourth-order valence-electron chi connectivity index (χ4n) is 3.89. The third-order valence-corrected chi connectivity index (χ3v) is 5.78. The largest absolute Gasteiger partial charge is 0.505 e. The van der Waals surface area contributed by atoms with E-state index in [-0.39, 0.29) is 43.1 Å². The molecule has 11 heteroatoms. The van der Waals surface area contributed by atoms with Crippen LogP contribution in [-0.2, 0) is 22.5 Å². The summed E-state index contributed by atoms with van der Waals surface area (Å²) in [5.74, 6) is -2.19. The smallest absolute Gasteiger partial charge is 0.268 e. The highest BCUT2D eigenvalue weighted by molar-refractivity contribution is 6.01. The number of pyridine rings is 2. The van der Waals surface area contributed by atoms with Gasteiger partial charge < -0.3 is 25.2 Å². The van der Waals surface area contributed by atoms with Crippen molar-refractivity contribution in [3.8, 4) is 5.75 Å². The number of aromatic nitrogens is 2. The van der Waals surface area contributed by atoms with Crippen LogP contribution in [0.15, 0.2) is 41.3 Å². The number of aliphatic hydroxyl groups excluding tert-OH is 1. The van der Waals surface area contributed by atoms with Crippen molar-refractivity contribution in [3.63, 3.8) is 0 Å². The first-order valence-electron chi connectivity index (χ1n) is 11.0. The number of hydrogen-bond donors (Lipinski definition) is 3. The van der Waals surface area contributed by atoms with Gasteiger partial charge in [0.15, 0.2) is 5.75 Å². The van der Waals surface area contributed by atoms with Gasteiger partial charge in [0.1, 0.15) is 23.4 Å². The third-order valence-electron chi connectivity index (χ3n) is 5.78. The van der Waals surface area contributed by atoms with Gasteiger partial charge in [-0.3, -0.25) is 23.9 Å². The molecular formula is C24H25FN4O6. The number of carbonyl (C=O) groups excluding carboxylic acids is 2. The summed E-state index contributed by atoms with van der Waals surface area (Å²) in [5, 5.41) is 22.8. The van der Waals surface area contributed by atoms with E-state index in [1.807, 2.05) is 0 Å². The van der Waals surface area contributed by atoms with E-state index >= 15 is 0 Å². The topological polar surface area (TPSA) is 134 Å². The molecule has 35 heavy (non-hydrogen) atoms. The molecule has 0 unspecified atom stereocenters. The minimum absolute atomic E-state index is 0.0132. The Morgan fingerprint density at radius 1 is 1.23 bits per heavy atom. The van der Waals surface area contributed by atoms with Gasteiger partial charge in [-0.15, -0.1) is 0 Å². The number of β-amino-alcohol motifs (C(OH)–C–C–N with tert-alkyl or cyclic N) is 1. The maximum Gasteiger partial charge on any atom is 0.268 e. The number of fused-ring (bicyclic) bond motifs is 1. The van der Waals surface area contributed by atoms with Crippen LogP contribution < -0.4 is 10.9 Å². The Balaban J connectivity index is 1.77. The van der Waals surface area contributed by atoms with Crippen LogP contribution in [0.1, 0.15) is 21.5 Å².